The van der Waals surface area contributed by atoms with Crippen molar-refractivity contribution >= 4 is 73.2 Å². The topological polar surface area (TPSA) is 66.8 Å². The molecule has 10 heteroatoms. The molecule has 2 aromatic carbocycles. The van der Waals surface area contributed by atoms with Crippen LogP contribution in [0.25, 0.3) is 0 Å². The van der Waals surface area contributed by atoms with E-state index in [1.807, 2.05) is 0 Å². The van der Waals surface area contributed by atoms with Crippen molar-refractivity contribution in [3.05, 3.63) is 63.1 Å². The molecule has 0 radical (unpaired) electrons. The zero-order valence-corrected chi connectivity index (χ0v) is 18.8. The molecule has 2 atom stereocenters. The van der Waals surface area contributed by atoms with Gasteiger partial charge in [0.2, 0.25) is 0 Å². The van der Waals surface area contributed by atoms with E-state index in [1.54, 1.807) is 47.4 Å². The number of amides is 1. The molecular weight excluding hydrogens is 475 g/mol. The average Bonchev–Trinajstić information content (AvgIpc) is 3.10. The number of rotatable bonds is 3. The number of carbonyl (C=O) groups is 1. The van der Waals surface area contributed by atoms with Crippen molar-refractivity contribution in [3.8, 4) is 0 Å². The van der Waals surface area contributed by atoms with Gasteiger partial charge in [-0.3, -0.25) is 4.79 Å². The highest BCUT2D eigenvalue weighted by atomic mass is 35.5. The third kappa shape index (κ3) is 4.44. The van der Waals surface area contributed by atoms with Crippen LogP contribution in [0.2, 0.25) is 15.1 Å². The number of hydrogen-bond donors (Lipinski definition) is 0. The molecule has 0 unspecified atom stereocenters. The molecule has 0 saturated carbocycles. The van der Waals surface area contributed by atoms with E-state index in [4.69, 9.17) is 34.8 Å². The Kier molecular flexibility index (Phi) is 5.88. The van der Waals surface area contributed by atoms with Crippen LogP contribution >= 0.6 is 46.6 Å². The van der Waals surface area contributed by atoms with Crippen LogP contribution in [-0.4, -0.2) is 42.3 Å². The molecule has 0 N–H and O–H groups in total. The molecule has 2 saturated heterocycles. The van der Waals surface area contributed by atoms with Crippen molar-refractivity contribution < 1.29 is 13.2 Å². The van der Waals surface area contributed by atoms with Crippen molar-refractivity contribution in [1.82, 2.24) is 0 Å². The van der Waals surface area contributed by atoms with Crippen molar-refractivity contribution in [3.63, 3.8) is 0 Å². The lowest BCUT2D eigenvalue weighted by Gasteiger charge is -2.25. The SMILES string of the molecule is O=C(Cc1ccccc1Cl)N=C1S[C@H]2CS(=O)(=O)C[C@H]2N1c1cc(Cl)ccc1Cl. The number of nitrogens with zero attached hydrogens (tertiary/aromatic N) is 2. The fourth-order valence-electron chi connectivity index (χ4n) is 3.47. The van der Waals surface area contributed by atoms with Gasteiger partial charge < -0.3 is 4.90 Å². The molecule has 2 aromatic rings. The smallest absolute Gasteiger partial charge is 0.252 e. The Balaban J connectivity index is 1.70. The van der Waals surface area contributed by atoms with Crippen molar-refractivity contribution in [2.24, 2.45) is 4.99 Å². The van der Waals surface area contributed by atoms with Gasteiger partial charge in [-0.15, -0.1) is 0 Å². The van der Waals surface area contributed by atoms with E-state index < -0.39 is 9.84 Å². The summed E-state index contributed by atoms with van der Waals surface area (Å²) < 4.78 is 24.3. The van der Waals surface area contributed by atoms with Crippen LogP contribution in [0, 0.1) is 0 Å². The standard InChI is InChI=1S/C19H15Cl3N2O3S2/c20-12-5-6-14(22)15(8-12)24-16-9-29(26,27)10-17(16)28-19(24)23-18(25)7-11-3-1-2-4-13(11)21/h1-6,8,16-17H,7,9-10H2/t16-,17+/m1/s1. The molecule has 0 spiro atoms. The lowest BCUT2D eigenvalue weighted by atomic mass is 10.1. The summed E-state index contributed by atoms with van der Waals surface area (Å²) in [6, 6.07) is 11.7. The van der Waals surface area contributed by atoms with Gasteiger partial charge in [0.25, 0.3) is 5.91 Å². The molecule has 1 amide bonds. The number of carbonyl (C=O) groups excluding carboxylic acids is 1. The van der Waals surface area contributed by atoms with Crippen molar-refractivity contribution in [1.29, 1.82) is 0 Å². The molecule has 2 heterocycles. The van der Waals surface area contributed by atoms with Gasteiger partial charge >= 0.3 is 0 Å². The Morgan fingerprint density at radius 2 is 1.86 bits per heavy atom. The summed E-state index contributed by atoms with van der Waals surface area (Å²) in [6.45, 7) is 0. The maximum atomic E-state index is 12.6. The number of benzene rings is 2. The van der Waals surface area contributed by atoms with E-state index in [2.05, 4.69) is 4.99 Å². The first-order valence-corrected chi connectivity index (χ1v) is 12.5. The normalized spacial score (nSPS) is 24.1. The molecule has 29 heavy (non-hydrogen) atoms. The first kappa shape index (κ1) is 21.0. The number of hydrogen-bond acceptors (Lipinski definition) is 4. The third-order valence-electron chi connectivity index (χ3n) is 4.75. The van der Waals surface area contributed by atoms with E-state index in [0.29, 0.717) is 31.5 Å². The van der Waals surface area contributed by atoms with Gasteiger partial charge in [0.15, 0.2) is 15.0 Å². The lowest BCUT2D eigenvalue weighted by Crippen LogP contribution is -2.38. The summed E-state index contributed by atoms with van der Waals surface area (Å²) in [5.41, 5.74) is 1.22. The van der Waals surface area contributed by atoms with E-state index in [9.17, 15) is 13.2 Å². The maximum Gasteiger partial charge on any atom is 0.252 e. The highest BCUT2D eigenvalue weighted by Crippen LogP contribution is 2.43. The van der Waals surface area contributed by atoms with Crippen LogP contribution in [0.5, 0.6) is 0 Å². The molecular formula is C19H15Cl3N2O3S2. The van der Waals surface area contributed by atoms with Crippen LogP contribution < -0.4 is 4.90 Å². The number of thioether (sulfide) groups is 1. The van der Waals surface area contributed by atoms with Crippen LogP contribution in [0.1, 0.15) is 5.56 Å². The minimum atomic E-state index is -3.17. The molecule has 5 nitrogen and oxygen atoms in total. The van der Waals surface area contributed by atoms with Gasteiger partial charge in [0.1, 0.15) is 0 Å². The molecule has 2 aliphatic heterocycles. The minimum absolute atomic E-state index is 0.0226. The predicted octanol–water partition coefficient (Wildman–Crippen LogP) is 4.49. The predicted molar refractivity (Wildman–Crippen MR) is 120 cm³/mol. The summed E-state index contributed by atoms with van der Waals surface area (Å²) in [4.78, 5) is 18.7. The molecule has 2 fully saturated rings. The van der Waals surface area contributed by atoms with E-state index in [0.717, 1.165) is 0 Å². The Labute approximate surface area is 188 Å². The molecule has 0 aromatic heterocycles. The van der Waals surface area contributed by atoms with Crippen LogP contribution in [0.15, 0.2) is 47.5 Å². The summed E-state index contributed by atoms with van der Waals surface area (Å²) in [5.74, 6) is -0.355. The third-order valence-corrected chi connectivity index (χ3v) is 8.89. The number of sulfone groups is 1. The summed E-state index contributed by atoms with van der Waals surface area (Å²) in [6.07, 6.45) is 0.0501. The van der Waals surface area contributed by atoms with E-state index >= 15 is 0 Å². The van der Waals surface area contributed by atoms with E-state index in [1.165, 1.54) is 11.8 Å². The first-order valence-electron chi connectivity index (χ1n) is 8.70. The van der Waals surface area contributed by atoms with E-state index in [-0.39, 0.29) is 35.1 Å². The number of aliphatic imine (C=N–C) groups is 1. The number of anilines is 1. The van der Waals surface area contributed by atoms with Gasteiger partial charge in [-0.1, -0.05) is 64.8 Å². The van der Waals surface area contributed by atoms with Gasteiger partial charge in [0, 0.05) is 15.3 Å². The van der Waals surface area contributed by atoms with Crippen LogP contribution in [0.4, 0.5) is 5.69 Å². The van der Waals surface area contributed by atoms with Gasteiger partial charge in [0.05, 0.1) is 34.7 Å². The fourth-order valence-corrected chi connectivity index (χ4v) is 7.97. The number of amidine groups is 1. The lowest BCUT2D eigenvalue weighted by molar-refractivity contribution is -0.117. The van der Waals surface area contributed by atoms with Crippen molar-refractivity contribution in [2.45, 2.75) is 17.7 Å². The zero-order chi connectivity index (χ0) is 20.8. The summed E-state index contributed by atoms with van der Waals surface area (Å²) in [7, 11) is -3.17. The Bertz CT molecular complexity index is 1120. The minimum Gasteiger partial charge on any atom is -0.314 e. The van der Waals surface area contributed by atoms with Gasteiger partial charge in [-0.2, -0.15) is 4.99 Å². The second-order valence-electron chi connectivity index (χ2n) is 6.82. The van der Waals surface area contributed by atoms with Crippen LogP contribution in [0.3, 0.4) is 0 Å². The first-order chi connectivity index (χ1) is 13.7. The molecule has 2 aliphatic rings. The average molecular weight is 490 g/mol. The maximum absolute atomic E-state index is 12.6. The van der Waals surface area contributed by atoms with Gasteiger partial charge in [-0.05, 0) is 29.8 Å². The monoisotopic (exact) mass is 488 g/mol. The summed E-state index contributed by atoms with van der Waals surface area (Å²) in [5, 5.41) is 1.57. The second kappa shape index (κ2) is 8.12. The highest BCUT2D eigenvalue weighted by molar-refractivity contribution is 8.16. The van der Waals surface area contributed by atoms with Gasteiger partial charge in [-0.25, -0.2) is 8.42 Å². The zero-order valence-electron chi connectivity index (χ0n) is 14.9. The Morgan fingerprint density at radius 1 is 1.10 bits per heavy atom. The largest absolute Gasteiger partial charge is 0.314 e. The van der Waals surface area contributed by atoms with Crippen molar-refractivity contribution in [2.75, 3.05) is 16.4 Å². The van der Waals surface area contributed by atoms with Crippen LogP contribution in [-0.2, 0) is 21.1 Å². The second-order valence-corrected chi connectivity index (χ2v) is 11.4. The highest BCUT2D eigenvalue weighted by Gasteiger charge is 2.49. The molecule has 0 bridgehead atoms. The number of fused-ring (bicyclic) bond motifs is 1. The quantitative estimate of drug-likeness (QED) is 0.635. The Hall–Kier alpha value is -1.25. The molecule has 4 rings (SSSR count). The summed E-state index contributed by atoms with van der Waals surface area (Å²) >= 11 is 19.9. The Morgan fingerprint density at radius 3 is 2.62 bits per heavy atom. The fraction of sp³-hybridized carbons (Fsp3) is 0.263. The molecule has 152 valence electrons. The number of halogens is 3. The molecule has 0 aliphatic carbocycles.